The molecule has 0 saturated carbocycles. The van der Waals surface area contributed by atoms with Crippen LogP contribution in [0.5, 0.6) is 5.75 Å². The molecule has 0 fully saturated rings. The molecule has 0 saturated heterocycles. The van der Waals surface area contributed by atoms with Gasteiger partial charge in [-0.05, 0) is 44.6 Å². The van der Waals surface area contributed by atoms with Crippen molar-refractivity contribution in [1.82, 2.24) is 4.98 Å². The van der Waals surface area contributed by atoms with Gasteiger partial charge in [-0.1, -0.05) is 0 Å². The first-order valence-corrected chi connectivity index (χ1v) is 4.47. The van der Waals surface area contributed by atoms with Crippen LogP contribution in [0.25, 0.3) is 0 Å². The van der Waals surface area contributed by atoms with Gasteiger partial charge in [0, 0.05) is 6.20 Å². The zero-order valence-corrected chi connectivity index (χ0v) is 9.01. The Morgan fingerprint density at radius 3 is 2.90 bits per heavy atom. The second kappa shape index (κ2) is 3.52. The van der Waals surface area contributed by atoms with Gasteiger partial charge in [-0.3, -0.25) is 0 Å². The molecule has 10 heavy (non-hydrogen) atoms. The monoisotopic (exact) mass is 313 g/mol. The summed E-state index contributed by atoms with van der Waals surface area (Å²) in [6.45, 7) is 0. The van der Waals surface area contributed by atoms with Crippen molar-refractivity contribution in [1.29, 1.82) is 0 Å². The van der Waals surface area contributed by atoms with Crippen LogP contribution in [0.3, 0.4) is 0 Å². The van der Waals surface area contributed by atoms with Crippen LogP contribution in [-0.4, -0.2) is 12.1 Å². The van der Waals surface area contributed by atoms with Crippen LogP contribution < -0.4 is 4.74 Å². The van der Waals surface area contributed by atoms with Crippen LogP contribution in [0.2, 0.25) is 0 Å². The number of hydrogen-bond acceptors (Lipinski definition) is 2. The number of halogens is 2. The molecular formula is C6H5BrINO. The maximum absolute atomic E-state index is 5.05. The fourth-order valence-corrected chi connectivity index (χ4v) is 1.41. The van der Waals surface area contributed by atoms with Crippen molar-refractivity contribution in [3.63, 3.8) is 0 Å². The highest BCUT2D eigenvalue weighted by Crippen LogP contribution is 2.25. The lowest BCUT2D eigenvalue weighted by Gasteiger charge is -2.01. The molecule has 0 aliphatic rings. The van der Waals surface area contributed by atoms with Crippen LogP contribution in [-0.2, 0) is 0 Å². The quantitative estimate of drug-likeness (QED) is 0.587. The first kappa shape index (κ1) is 8.26. The maximum Gasteiger partial charge on any atom is 0.136 e. The molecule has 54 valence electrons. The number of aromatic nitrogens is 1. The summed E-state index contributed by atoms with van der Waals surface area (Å²) in [7, 11) is 1.64. The number of rotatable bonds is 1. The third kappa shape index (κ3) is 1.60. The van der Waals surface area contributed by atoms with E-state index in [4.69, 9.17) is 4.74 Å². The van der Waals surface area contributed by atoms with Gasteiger partial charge in [0.15, 0.2) is 0 Å². The highest BCUT2D eigenvalue weighted by atomic mass is 127. The first-order valence-electron chi connectivity index (χ1n) is 2.59. The Bertz CT molecular complexity index is 241. The second-order valence-corrected chi connectivity index (χ2v) is 3.45. The molecule has 0 aromatic carbocycles. The van der Waals surface area contributed by atoms with Crippen molar-refractivity contribution >= 4 is 38.5 Å². The second-order valence-electron chi connectivity index (χ2n) is 1.62. The number of ether oxygens (including phenoxy) is 1. The van der Waals surface area contributed by atoms with Crippen LogP contribution >= 0.6 is 38.5 Å². The molecule has 0 atom stereocenters. The predicted octanol–water partition coefficient (Wildman–Crippen LogP) is 2.46. The van der Waals surface area contributed by atoms with Gasteiger partial charge in [0.1, 0.15) is 10.4 Å². The summed E-state index contributed by atoms with van der Waals surface area (Å²) in [6.07, 6.45) is 1.70. The van der Waals surface area contributed by atoms with E-state index in [9.17, 15) is 0 Å². The van der Waals surface area contributed by atoms with E-state index in [0.717, 1.165) is 13.9 Å². The average molecular weight is 314 g/mol. The van der Waals surface area contributed by atoms with Crippen molar-refractivity contribution in [2.45, 2.75) is 0 Å². The Kier molecular flexibility index (Phi) is 2.91. The topological polar surface area (TPSA) is 22.1 Å². The SMILES string of the molecule is COc1ccnc(Br)c1I. The van der Waals surface area contributed by atoms with Crippen molar-refractivity contribution < 1.29 is 4.74 Å². The summed E-state index contributed by atoms with van der Waals surface area (Å²) in [5.74, 6) is 0.850. The summed E-state index contributed by atoms with van der Waals surface area (Å²) in [5, 5.41) is 0. The summed E-state index contributed by atoms with van der Waals surface area (Å²) in [4.78, 5) is 4.02. The van der Waals surface area contributed by atoms with E-state index in [2.05, 4.69) is 43.5 Å². The minimum atomic E-state index is 0.826. The third-order valence-corrected chi connectivity index (χ3v) is 3.42. The smallest absolute Gasteiger partial charge is 0.136 e. The maximum atomic E-state index is 5.05. The van der Waals surface area contributed by atoms with Crippen molar-refractivity contribution in [2.75, 3.05) is 7.11 Å². The van der Waals surface area contributed by atoms with Crippen LogP contribution in [0.1, 0.15) is 0 Å². The van der Waals surface area contributed by atoms with E-state index in [1.54, 1.807) is 13.3 Å². The molecule has 0 aliphatic carbocycles. The van der Waals surface area contributed by atoms with Crippen LogP contribution in [0, 0.1) is 3.57 Å². The molecule has 0 spiro atoms. The molecule has 0 bridgehead atoms. The van der Waals surface area contributed by atoms with Gasteiger partial charge in [-0.25, -0.2) is 4.98 Å². The number of hydrogen-bond donors (Lipinski definition) is 0. The predicted molar refractivity (Wildman–Crippen MR) is 51.2 cm³/mol. The first-order chi connectivity index (χ1) is 4.75. The Balaban J connectivity index is 3.14. The van der Waals surface area contributed by atoms with E-state index < -0.39 is 0 Å². The average Bonchev–Trinajstić information content (AvgIpc) is 1.95. The summed E-state index contributed by atoms with van der Waals surface area (Å²) in [5.41, 5.74) is 0. The van der Waals surface area contributed by atoms with Crippen LogP contribution in [0.4, 0.5) is 0 Å². The van der Waals surface area contributed by atoms with Gasteiger partial charge < -0.3 is 4.74 Å². The lowest BCUT2D eigenvalue weighted by Crippen LogP contribution is -1.88. The fourth-order valence-electron chi connectivity index (χ4n) is 0.560. The van der Waals surface area contributed by atoms with Gasteiger partial charge >= 0.3 is 0 Å². The van der Waals surface area contributed by atoms with Gasteiger partial charge in [0.2, 0.25) is 0 Å². The molecule has 4 heteroatoms. The molecule has 0 N–H and O–H groups in total. The molecule has 1 heterocycles. The van der Waals surface area contributed by atoms with Gasteiger partial charge in [0.05, 0.1) is 10.7 Å². The fraction of sp³-hybridized carbons (Fsp3) is 0.167. The lowest BCUT2D eigenvalue weighted by atomic mass is 10.5. The molecule has 1 rings (SSSR count). The van der Waals surface area contributed by atoms with Crippen molar-refractivity contribution in [2.24, 2.45) is 0 Å². The minimum absolute atomic E-state index is 0.826. The molecule has 1 aromatic heterocycles. The number of nitrogens with zero attached hydrogens (tertiary/aromatic N) is 1. The largest absolute Gasteiger partial charge is 0.495 e. The van der Waals surface area contributed by atoms with Gasteiger partial charge in [-0.15, -0.1) is 0 Å². The standard InChI is InChI=1S/C6H5BrINO/c1-10-4-2-3-9-6(7)5(4)8/h2-3H,1H3. The Morgan fingerprint density at radius 2 is 2.40 bits per heavy atom. The normalized spacial score (nSPS) is 9.50. The van der Waals surface area contributed by atoms with E-state index in [0.29, 0.717) is 0 Å². The summed E-state index contributed by atoms with van der Waals surface area (Å²) < 4.78 is 6.88. The molecule has 0 unspecified atom stereocenters. The molecular weight excluding hydrogens is 309 g/mol. The number of pyridine rings is 1. The van der Waals surface area contributed by atoms with E-state index in [1.165, 1.54) is 0 Å². The molecule has 1 aromatic rings. The van der Waals surface area contributed by atoms with Gasteiger partial charge in [-0.2, -0.15) is 0 Å². The zero-order chi connectivity index (χ0) is 7.56. The lowest BCUT2D eigenvalue weighted by molar-refractivity contribution is 0.410. The third-order valence-electron chi connectivity index (χ3n) is 1.03. The minimum Gasteiger partial charge on any atom is -0.495 e. The molecule has 0 radical (unpaired) electrons. The zero-order valence-electron chi connectivity index (χ0n) is 5.27. The molecule has 2 nitrogen and oxygen atoms in total. The number of methoxy groups -OCH3 is 1. The Morgan fingerprint density at radius 1 is 1.70 bits per heavy atom. The summed E-state index contributed by atoms with van der Waals surface area (Å²) >= 11 is 5.46. The highest BCUT2D eigenvalue weighted by Gasteiger charge is 2.02. The van der Waals surface area contributed by atoms with E-state index in [1.807, 2.05) is 6.07 Å². The van der Waals surface area contributed by atoms with Crippen molar-refractivity contribution in [3.8, 4) is 5.75 Å². The van der Waals surface area contributed by atoms with Crippen LogP contribution in [0.15, 0.2) is 16.9 Å². The van der Waals surface area contributed by atoms with Gasteiger partial charge in [0.25, 0.3) is 0 Å². The molecule has 0 aliphatic heterocycles. The van der Waals surface area contributed by atoms with E-state index >= 15 is 0 Å². The Hall–Kier alpha value is 0.160. The highest BCUT2D eigenvalue weighted by molar-refractivity contribution is 14.1. The summed E-state index contributed by atoms with van der Waals surface area (Å²) in [6, 6.07) is 1.83. The Labute approximate surface area is 81.3 Å². The molecule has 0 amide bonds. The van der Waals surface area contributed by atoms with E-state index in [-0.39, 0.29) is 0 Å². The van der Waals surface area contributed by atoms with Crippen molar-refractivity contribution in [3.05, 3.63) is 20.4 Å².